The Labute approximate surface area is 121 Å². The topological polar surface area (TPSA) is 100 Å². The van der Waals surface area contributed by atoms with Crippen LogP contribution in [0.3, 0.4) is 0 Å². The molecule has 3 rings (SSSR count). The molecule has 108 valence electrons. The summed E-state index contributed by atoms with van der Waals surface area (Å²) in [4.78, 5) is 0. The highest BCUT2D eigenvalue weighted by Crippen LogP contribution is 2.35. The van der Waals surface area contributed by atoms with Gasteiger partial charge in [-0.15, -0.1) is 15.3 Å². The molecule has 0 amide bonds. The lowest BCUT2D eigenvalue weighted by Gasteiger charge is -2.03. The number of tetrazole rings is 1. The van der Waals surface area contributed by atoms with Gasteiger partial charge in [-0.3, -0.25) is 0 Å². The Bertz CT molecular complexity index is 573. The molecule has 8 nitrogen and oxygen atoms in total. The lowest BCUT2D eigenvalue weighted by atomic mass is 10.2. The summed E-state index contributed by atoms with van der Waals surface area (Å²) in [5, 5.41) is 20.8. The van der Waals surface area contributed by atoms with Gasteiger partial charge in [-0.25, -0.2) is 9.36 Å². The van der Waals surface area contributed by atoms with Crippen molar-refractivity contribution >= 4 is 11.8 Å². The van der Waals surface area contributed by atoms with Crippen LogP contribution in [0, 0.1) is 0 Å². The standard InChI is InChI=1S/C11H18N8S/c1-2-3-4-9-13-15-11(18(9)12)20-7-10-14-16-17-19(10)8-5-6-8/h8H,2-7,12H2,1H3. The lowest BCUT2D eigenvalue weighted by molar-refractivity contribution is 0.593. The molecule has 1 aliphatic carbocycles. The normalized spacial score (nSPS) is 14.8. The van der Waals surface area contributed by atoms with Crippen LogP contribution in [-0.2, 0) is 12.2 Å². The number of aryl methyl sites for hydroxylation is 1. The molecule has 2 aromatic heterocycles. The third-order valence-electron chi connectivity index (χ3n) is 3.27. The van der Waals surface area contributed by atoms with E-state index in [0.29, 0.717) is 17.0 Å². The van der Waals surface area contributed by atoms with Gasteiger partial charge in [-0.05, 0) is 29.7 Å². The van der Waals surface area contributed by atoms with Crippen LogP contribution in [0.2, 0.25) is 0 Å². The van der Waals surface area contributed by atoms with Gasteiger partial charge in [0.25, 0.3) is 0 Å². The van der Waals surface area contributed by atoms with Crippen LogP contribution in [0.5, 0.6) is 0 Å². The minimum absolute atomic E-state index is 0.483. The zero-order valence-corrected chi connectivity index (χ0v) is 12.3. The summed E-state index contributed by atoms with van der Waals surface area (Å²) in [6.07, 6.45) is 5.37. The number of unbranched alkanes of at least 4 members (excludes halogenated alkanes) is 1. The van der Waals surface area contributed by atoms with Crippen molar-refractivity contribution in [1.29, 1.82) is 0 Å². The second kappa shape index (κ2) is 5.78. The SMILES string of the molecule is CCCCc1nnc(SCc2nnnn2C2CC2)n1N. The molecule has 9 heteroatoms. The quantitative estimate of drug-likeness (QED) is 0.599. The van der Waals surface area contributed by atoms with Crippen LogP contribution < -0.4 is 5.84 Å². The Balaban J connectivity index is 1.63. The van der Waals surface area contributed by atoms with Gasteiger partial charge in [-0.2, -0.15) is 0 Å². The number of rotatable bonds is 7. The maximum atomic E-state index is 6.01. The molecule has 0 saturated heterocycles. The summed E-state index contributed by atoms with van der Waals surface area (Å²) in [6.45, 7) is 2.14. The third-order valence-corrected chi connectivity index (χ3v) is 4.21. The van der Waals surface area contributed by atoms with E-state index in [1.54, 1.807) is 4.68 Å². The van der Waals surface area contributed by atoms with Gasteiger partial charge in [0.2, 0.25) is 5.16 Å². The molecule has 0 aliphatic heterocycles. The Kier molecular flexibility index (Phi) is 3.86. The van der Waals surface area contributed by atoms with Gasteiger partial charge in [-0.1, -0.05) is 25.1 Å². The van der Waals surface area contributed by atoms with Gasteiger partial charge in [0.05, 0.1) is 11.8 Å². The first-order chi connectivity index (χ1) is 9.79. The minimum atomic E-state index is 0.483. The first-order valence-corrected chi connectivity index (χ1v) is 7.87. The maximum absolute atomic E-state index is 6.01. The van der Waals surface area contributed by atoms with Crippen LogP contribution in [0.1, 0.15) is 50.3 Å². The van der Waals surface area contributed by atoms with E-state index in [4.69, 9.17) is 5.84 Å². The predicted molar refractivity (Wildman–Crippen MR) is 74.4 cm³/mol. The average Bonchev–Trinajstić information content (AvgIpc) is 3.09. The molecule has 0 spiro atoms. The molecule has 0 unspecified atom stereocenters. The molecule has 1 fully saturated rings. The van der Waals surface area contributed by atoms with Gasteiger partial charge < -0.3 is 5.84 Å². The second-order valence-corrected chi connectivity index (χ2v) is 5.87. The van der Waals surface area contributed by atoms with Crippen LogP contribution in [-0.4, -0.2) is 35.1 Å². The first kappa shape index (κ1) is 13.3. The zero-order chi connectivity index (χ0) is 13.9. The van der Waals surface area contributed by atoms with E-state index >= 15 is 0 Å². The van der Waals surface area contributed by atoms with Crippen molar-refractivity contribution in [3.05, 3.63) is 11.6 Å². The van der Waals surface area contributed by atoms with E-state index in [-0.39, 0.29) is 0 Å². The van der Waals surface area contributed by atoms with Crippen molar-refractivity contribution in [2.75, 3.05) is 5.84 Å². The van der Waals surface area contributed by atoms with Crippen LogP contribution in [0.4, 0.5) is 0 Å². The number of aromatic nitrogens is 7. The summed E-state index contributed by atoms with van der Waals surface area (Å²) in [7, 11) is 0. The molecule has 1 saturated carbocycles. The molecular formula is C11H18N8S. The Morgan fingerprint density at radius 1 is 1.25 bits per heavy atom. The molecule has 0 aromatic carbocycles. The molecule has 2 heterocycles. The minimum Gasteiger partial charge on any atom is -0.336 e. The van der Waals surface area contributed by atoms with Crippen LogP contribution in [0.15, 0.2) is 5.16 Å². The smallest absolute Gasteiger partial charge is 0.210 e. The number of nitrogens with zero attached hydrogens (tertiary/aromatic N) is 7. The van der Waals surface area contributed by atoms with E-state index in [2.05, 4.69) is 32.6 Å². The van der Waals surface area contributed by atoms with Crippen LogP contribution in [0.25, 0.3) is 0 Å². The monoisotopic (exact) mass is 294 g/mol. The number of nitrogens with two attached hydrogens (primary N) is 1. The summed E-state index contributed by atoms with van der Waals surface area (Å²) >= 11 is 1.52. The van der Waals surface area contributed by atoms with E-state index in [1.165, 1.54) is 11.8 Å². The van der Waals surface area contributed by atoms with E-state index in [1.807, 2.05) is 4.68 Å². The summed E-state index contributed by atoms with van der Waals surface area (Å²) in [6, 6.07) is 0.483. The zero-order valence-electron chi connectivity index (χ0n) is 11.4. The molecule has 2 N–H and O–H groups in total. The van der Waals surface area contributed by atoms with Crippen molar-refractivity contribution in [2.24, 2.45) is 0 Å². The van der Waals surface area contributed by atoms with Gasteiger partial charge in [0.1, 0.15) is 0 Å². The maximum Gasteiger partial charge on any atom is 0.210 e. The Morgan fingerprint density at radius 2 is 2.10 bits per heavy atom. The lowest BCUT2D eigenvalue weighted by Crippen LogP contribution is -2.14. The number of nitrogen functional groups attached to an aromatic ring is 1. The highest BCUT2D eigenvalue weighted by Gasteiger charge is 2.27. The fraction of sp³-hybridized carbons (Fsp3) is 0.727. The first-order valence-electron chi connectivity index (χ1n) is 6.88. The number of thioether (sulfide) groups is 1. The van der Waals surface area contributed by atoms with Gasteiger partial charge >= 0.3 is 0 Å². The molecule has 0 atom stereocenters. The summed E-state index contributed by atoms with van der Waals surface area (Å²) < 4.78 is 3.48. The summed E-state index contributed by atoms with van der Waals surface area (Å²) in [5.41, 5.74) is 0. The van der Waals surface area contributed by atoms with Crippen molar-refractivity contribution in [3.63, 3.8) is 0 Å². The third kappa shape index (κ3) is 2.77. The Morgan fingerprint density at radius 3 is 2.85 bits per heavy atom. The average molecular weight is 294 g/mol. The molecule has 1 aliphatic rings. The molecule has 20 heavy (non-hydrogen) atoms. The van der Waals surface area contributed by atoms with Gasteiger partial charge in [0.15, 0.2) is 11.6 Å². The fourth-order valence-electron chi connectivity index (χ4n) is 1.95. The molecule has 2 aromatic rings. The van der Waals surface area contributed by atoms with Crippen molar-refractivity contribution in [3.8, 4) is 0 Å². The molecular weight excluding hydrogens is 276 g/mol. The van der Waals surface area contributed by atoms with E-state index in [0.717, 1.165) is 43.8 Å². The Hall–Kier alpha value is -1.64. The van der Waals surface area contributed by atoms with E-state index < -0.39 is 0 Å². The molecule has 0 radical (unpaired) electrons. The second-order valence-electron chi connectivity index (χ2n) is 4.93. The highest BCUT2D eigenvalue weighted by atomic mass is 32.2. The van der Waals surface area contributed by atoms with Crippen molar-refractivity contribution < 1.29 is 0 Å². The fourth-order valence-corrected chi connectivity index (χ4v) is 2.74. The number of hydrogen-bond acceptors (Lipinski definition) is 7. The predicted octanol–water partition coefficient (Wildman–Crippen LogP) is 0.948. The van der Waals surface area contributed by atoms with E-state index in [9.17, 15) is 0 Å². The van der Waals surface area contributed by atoms with Gasteiger partial charge in [0, 0.05) is 6.42 Å². The number of hydrogen-bond donors (Lipinski definition) is 1. The molecule has 0 bridgehead atoms. The largest absolute Gasteiger partial charge is 0.336 e. The highest BCUT2D eigenvalue weighted by molar-refractivity contribution is 7.98. The van der Waals surface area contributed by atoms with Crippen molar-refractivity contribution in [1.82, 2.24) is 35.1 Å². The van der Waals surface area contributed by atoms with Crippen LogP contribution >= 0.6 is 11.8 Å². The van der Waals surface area contributed by atoms with Crippen molar-refractivity contribution in [2.45, 2.75) is 56.0 Å². The summed E-state index contributed by atoms with van der Waals surface area (Å²) in [5.74, 6) is 8.37.